The number of hydrogen-bond donors (Lipinski definition) is 1. The molecular formula is C14H27NO2. The van der Waals surface area contributed by atoms with Crippen molar-refractivity contribution in [2.75, 3.05) is 13.1 Å². The average molecular weight is 241 g/mol. The highest BCUT2D eigenvalue weighted by Gasteiger charge is 2.20. The van der Waals surface area contributed by atoms with Gasteiger partial charge < -0.3 is 10.0 Å². The molecule has 1 heterocycles. The number of hydrogen-bond acceptors (Lipinski definition) is 2. The van der Waals surface area contributed by atoms with Crippen LogP contribution in [0.3, 0.4) is 0 Å². The quantitative estimate of drug-likeness (QED) is 0.726. The van der Waals surface area contributed by atoms with E-state index in [2.05, 4.69) is 6.92 Å². The number of carbonyl (C=O) groups excluding carboxylic acids is 1. The van der Waals surface area contributed by atoms with Crippen molar-refractivity contribution < 1.29 is 9.90 Å². The number of amides is 1. The molecule has 0 aliphatic carbocycles. The molecule has 1 saturated heterocycles. The summed E-state index contributed by atoms with van der Waals surface area (Å²) in [6, 6.07) is 0. The van der Waals surface area contributed by atoms with Gasteiger partial charge in [-0.15, -0.1) is 0 Å². The first-order valence-corrected chi connectivity index (χ1v) is 7.09. The number of unbranched alkanes of at least 4 members (excludes halogenated alkanes) is 1. The number of likely N-dealkylation sites (tertiary alicyclic amines) is 1. The standard InChI is InChI=1S/C14H27NO2/c1-3-13-7-8-14(17)15(11-9-13)10-5-4-6-12(2)16/h12-13,16H,3-11H2,1-2H3. The fourth-order valence-electron chi connectivity index (χ4n) is 2.48. The van der Waals surface area contributed by atoms with Gasteiger partial charge >= 0.3 is 0 Å². The van der Waals surface area contributed by atoms with E-state index in [1.165, 1.54) is 12.8 Å². The van der Waals surface area contributed by atoms with E-state index < -0.39 is 0 Å². The lowest BCUT2D eigenvalue weighted by Gasteiger charge is -2.20. The minimum absolute atomic E-state index is 0.209. The second-order valence-corrected chi connectivity index (χ2v) is 5.33. The van der Waals surface area contributed by atoms with Gasteiger partial charge in [0.15, 0.2) is 0 Å². The predicted octanol–water partition coefficient (Wildman–Crippen LogP) is 2.58. The molecule has 17 heavy (non-hydrogen) atoms. The first-order chi connectivity index (χ1) is 8.13. The summed E-state index contributed by atoms with van der Waals surface area (Å²) in [4.78, 5) is 13.9. The molecule has 1 amide bonds. The maximum Gasteiger partial charge on any atom is 0.222 e. The molecule has 2 unspecified atom stereocenters. The number of carbonyl (C=O) groups is 1. The van der Waals surface area contributed by atoms with Crippen LogP contribution in [0.25, 0.3) is 0 Å². The Morgan fingerprint density at radius 1 is 1.41 bits per heavy atom. The second-order valence-electron chi connectivity index (χ2n) is 5.33. The highest BCUT2D eigenvalue weighted by atomic mass is 16.3. The van der Waals surface area contributed by atoms with Gasteiger partial charge in [-0.1, -0.05) is 13.3 Å². The van der Waals surface area contributed by atoms with Crippen LogP contribution in [-0.4, -0.2) is 35.1 Å². The molecule has 1 aliphatic heterocycles. The molecule has 2 atom stereocenters. The van der Waals surface area contributed by atoms with Crippen molar-refractivity contribution in [3.63, 3.8) is 0 Å². The third-order valence-electron chi connectivity index (χ3n) is 3.80. The maximum atomic E-state index is 11.9. The van der Waals surface area contributed by atoms with Gasteiger partial charge in [-0.3, -0.25) is 4.79 Å². The van der Waals surface area contributed by atoms with Crippen LogP contribution in [0.2, 0.25) is 0 Å². The van der Waals surface area contributed by atoms with Gasteiger partial charge in [0.2, 0.25) is 5.91 Å². The van der Waals surface area contributed by atoms with Crippen LogP contribution in [0.4, 0.5) is 0 Å². The molecule has 1 fully saturated rings. The zero-order valence-electron chi connectivity index (χ0n) is 11.3. The molecule has 3 heteroatoms. The summed E-state index contributed by atoms with van der Waals surface area (Å²) < 4.78 is 0. The number of rotatable bonds is 6. The summed E-state index contributed by atoms with van der Waals surface area (Å²) in [7, 11) is 0. The maximum absolute atomic E-state index is 11.9. The van der Waals surface area contributed by atoms with Crippen LogP contribution >= 0.6 is 0 Å². The lowest BCUT2D eigenvalue weighted by atomic mass is 9.98. The molecule has 0 aromatic rings. The Bertz CT molecular complexity index is 228. The lowest BCUT2D eigenvalue weighted by Crippen LogP contribution is -2.31. The molecule has 0 radical (unpaired) electrons. The molecule has 1 N–H and O–H groups in total. The molecule has 0 aromatic heterocycles. The van der Waals surface area contributed by atoms with Crippen molar-refractivity contribution >= 4 is 5.91 Å². The van der Waals surface area contributed by atoms with Crippen molar-refractivity contribution in [2.45, 2.75) is 64.9 Å². The smallest absolute Gasteiger partial charge is 0.222 e. The predicted molar refractivity (Wildman–Crippen MR) is 69.7 cm³/mol. The minimum Gasteiger partial charge on any atom is -0.393 e. The number of aliphatic hydroxyl groups is 1. The number of nitrogens with zero attached hydrogens (tertiary/aromatic N) is 1. The van der Waals surface area contributed by atoms with Crippen LogP contribution < -0.4 is 0 Å². The first kappa shape index (κ1) is 14.5. The van der Waals surface area contributed by atoms with Crippen molar-refractivity contribution in [1.29, 1.82) is 0 Å². The summed E-state index contributed by atoms with van der Waals surface area (Å²) in [6.45, 7) is 5.85. The Labute approximate surface area is 105 Å². The highest BCUT2D eigenvalue weighted by Crippen LogP contribution is 2.21. The summed E-state index contributed by atoms with van der Waals surface area (Å²) in [5.74, 6) is 1.07. The highest BCUT2D eigenvalue weighted by molar-refractivity contribution is 5.76. The average Bonchev–Trinajstić information content (AvgIpc) is 2.47. The molecule has 100 valence electrons. The van der Waals surface area contributed by atoms with Gasteiger partial charge in [-0.2, -0.15) is 0 Å². The van der Waals surface area contributed by atoms with Crippen LogP contribution in [-0.2, 0) is 4.79 Å². The Hall–Kier alpha value is -0.570. The summed E-state index contributed by atoms with van der Waals surface area (Å²) in [5, 5.41) is 9.17. The van der Waals surface area contributed by atoms with Crippen LogP contribution in [0.1, 0.15) is 58.8 Å². The Kier molecular flexibility index (Phi) is 6.56. The van der Waals surface area contributed by atoms with E-state index in [-0.39, 0.29) is 6.10 Å². The normalized spacial score (nSPS) is 23.6. The van der Waals surface area contributed by atoms with Gasteiger partial charge in [0.05, 0.1) is 6.10 Å². The second kappa shape index (κ2) is 7.70. The first-order valence-electron chi connectivity index (χ1n) is 7.09. The van der Waals surface area contributed by atoms with Crippen molar-refractivity contribution in [2.24, 2.45) is 5.92 Å². The van der Waals surface area contributed by atoms with Crippen LogP contribution in [0, 0.1) is 5.92 Å². The zero-order chi connectivity index (χ0) is 12.7. The molecule has 0 bridgehead atoms. The Balaban J connectivity index is 2.24. The molecule has 0 saturated carbocycles. The molecule has 3 nitrogen and oxygen atoms in total. The van der Waals surface area contributed by atoms with Crippen molar-refractivity contribution in [3.05, 3.63) is 0 Å². The summed E-state index contributed by atoms with van der Waals surface area (Å²) >= 11 is 0. The van der Waals surface area contributed by atoms with E-state index in [4.69, 9.17) is 0 Å². The summed E-state index contributed by atoms with van der Waals surface area (Å²) in [5.41, 5.74) is 0. The topological polar surface area (TPSA) is 40.5 Å². The van der Waals surface area contributed by atoms with Crippen molar-refractivity contribution in [3.8, 4) is 0 Å². The fourth-order valence-corrected chi connectivity index (χ4v) is 2.48. The van der Waals surface area contributed by atoms with Crippen molar-refractivity contribution in [1.82, 2.24) is 4.90 Å². The zero-order valence-corrected chi connectivity index (χ0v) is 11.3. The van der Waals surface area contributed by atoms with Crippen LogP contribution in [0.15, 0.2) is 0 Å². The van der Waals surface area contributed by atoms with E-state index in [0.717, 1.165) is 51.1 Å². The van der Waals surface area contributed by atoms with Gasteiger partial charge in [0.1, 0.15) is 0 Å². The third-order valence-corrected chi connectivity index (χ3v) is 3.80. The Morgan fingerprint density at radius 3 is 2.82 bits per heavy atom. The van der Waals surface area contributed by atoms with Gasteiger partial charge in [0, 0.05) is 19.5 Å². The van der Waals surface area contributed by atoms with E-state index in [0.29, 0.717) is 5.91 Å². The molecular weight excluding hydrogens is 214 g/mol. The minimum atomic E-state index is -0.209. The van der Waals surface area contributed by atoms with E-state index in [1.807, 2.05) is 11.8 Å². The summed E-state index contributed by atoms with van der Waals surface area (Å²) in [6.07, 6.45) is 6.83. The van der Waals surface area contributed by atoms with E-state index in [1.54, 1.807) is 0 Å². The third kappa shape index (κ3) is 5.53. The number of aliphatic hydroxyl groups excluding tert-OH is 1. The SMILES string of the molecule is CCC1CCC(=O)N(CCCCC(C)O)CC1. The van der Waals surface area contributed by atoms with Gasteiger partial charge in [-0.05, 0) is 44.9 Å². The lowest BCUT2D eigenvalue weighted by molar-refractivity contribution is -0.130. The van der Waals surface area contributed by atoms with Gasteiger partial charge in [-0.25, -0.2) is 0 Å². The molecule has 0 aromatic carbocycles. The monoisotopic (exact) mass is 241 g/mol. The largest absolute Gasteiger partial charge is 0.393 e. The van der Waals surface area contributed by atoms with Crippen LogP contribution in [0.5, 0.6) is 0 Å². The van der Waals surface area contributed by atoms with E-state index in [9.17, 15) is 9.90 Å². The Morgan fingerprint density at radius 2 is 2.18 bits per heavy atom. The molecule has 1 rings (SSSR count). The van der Waals surface area contributed by atoms with Gasteiger partial charge in [0.25, 0.3) is 0 Å². The fraction of sp³-hybridized carbons (Fsp3) is 0.929. The van der Waals surface area contributed by atoms with E-state index >= 15 is 0 Å². The molecule has 1 aliphatic rings. The molecule has 0 spiro atoms.